The van der Waals surface area contributed by atoms with Crippen molar-refractivity contribution in [3.05, 3.63) is 105 Å². The monoisotopic (exact) mass is 434 g/mol. The Morgan fingerprint density at radius 2 is 1.97 bits per heavy atom. The summed E-state index contributed by atoms with van der Waals surface area (Å²) in [6.45, 7) is 0.392. The summed E-state index contributed by atoms with van der Waals surface area (Å²) < 4.78 is 0. The van der Waals surface area contributed by atoms with Crippen LogP contribution in [0.5, 0.6) is 0 Å². The van der Waals surface area contributed by atoms with E-state index >= 15 is 0 Å². The zero-order chi connectivity index (χ0) is 21.8. The SMILES string of the molecule is O=C(C[C@H](c1cccc(Cl)c1)c1c[nH]c2ccc([N+](=O)[O-])cc12)NCc1ccncc1. The third kappa shape index (κ3) is 4.73. The van der Waals surface area contributed by atoms with Gasteiger partial charge in [-0.1, -0.05) is 23.7 Å². The van der Waals surface area contributed by atoms with Gasteiger partial charge in [0.25, 0.3) is 5.69 Å². The van der Waals surface area contributed by atoms with Crippen molar-refractivity contribution in [3.8, 4) is 0 Å². The number of amides is 1. The second kappa shape index (κ2) is 8.97. The highest BCUT2D eigenvalue weighted by molar-refractivity contribution is 6.30. The number of carbonyl (C=O) groups excluding carboxylic acids is 1. The average Bonchev–Trinajstić information content (AvgIpc) is 3.19. The molecular formula is C23H19ClN4O3. The van der Waals surface area contributed by atoms with Gasteiger partial charge in [-0.3, -0.25) is 19.9 Å². The van der Waals surface area contributed by atoms with Gasteiger partial charge in [0, 0.05) is 65.5 Å². The van der Waals surface area contributed by atoms with Crippen LogP contribution in [0, 0.1) is 10.1 Å². The third-order valence-corrected chi connectivity index (χ3v) is 5.40. The first kappa shape index (κ1) is 20.6. The van der Waals surface area contributed by atoms with Gasteiger partial charge in [-0.2, -0.15) is 0 Å². The number of halogens is 1. The lowest BCUT2D eigenvalue weighted by Crippen LogP contribution is -2.25. The van der Waals surface area contributed by atoms with E-state index in [-0.39, 0.29) is 23.9 Å². The van der Waals surface area contributed by atoms with E-state index in [4.69, 9.17) is 11.6 Å². The van der Waals surface area contributed by atoms with E-state index in [2.05, 4.69) is 15.3 Å². The number of nitrogens with zero attached hydrogens (tertiary/aromatic N) is 2. The summed E-state index contributed by atoms with van der Waals surface area (Å²) in [5, 5.41) is 15.5. The molecule has 0 fully saturated rings. The van der Waals surface area contributed by atoms with Crippen molar-refractivity contribution in [3.63, 3.8) is 0 Å². The minimum atomic E-state index is -0.425. The first-order valence-corrected chi connectivity index (χ1v) is 10.1. The molecule has 0 spiro atoms. The number of nitro benzene ring substituents is 1. The molecule has 0 bridgehead atoms. The summed E-state index contributed by atoms with van der Waals surface area (Å²) >= 11 is 6.21. The molecule has 4 aromatic rings. The topological polar surface area (TPSA) is 101 Å². The minimum Gasteiger partial charge on any atom is -0.361 e. The number of carbonyl (C=O) groups is 1. The third-order valence-electron chi connectivity index (χ3n) is 5.16. The molecule has 8 heteroatoms. The van der Waals surface area contributed by atoms with Gasteiger partial charge in [0.05, 0.1) is 4.92 Å². The van der Waals surface area contributed by atoms with Crippen molar-refractivity contribution in [1.29, 1.82) is 0 Å². The van der Waals surface area contributed by atoms with E-state index in [1.54, 1.807) is 30.7 Å². The molecule has 31 heavy (non-hydrogen) atoms. The average molecular weight is 435 g/mol. The molecule has 0 aliphatic carbocycles. The fourth-order valence-corrected chi connectivity index (χ4v) is 3.82. The second-order valence-corrected chi connectivity index (χ2v) is 7.61. The molecule has 0 saturated carbocycles. The van der Waals surface area contributed by atoms with Crippen LogP contribution >= 0.6 is 11.6 Å². The largest absolute Gasteiger partial charge is 0.361 e. The number of fused-ring (bicyclic) bond motifs is 1. The summed E-state index contributed by atoms with van der Waals surface area (Å²) in [6, 6.07) is 15.7. The van der Waals surface area contributed by atoms with Gasteiger partial charge in [0.15, 0.2) is 0 Å². The highest BCUT2D eigenvalue weighted by Crippen LogP contribution is 2.35. The Balaban J connectivity index is 1.67. The fraction of sp³-hybridized carbons (Fsp3) is 0.130. The van der Waals surface area contributed by atoms with Gasteiger partial charge in [-0.15, -0.1) is 0 Å². The molecule has 1 atom stereocenters. The number of hydrogen-bond acceptors (Lipinski definition) is 4. The number of aromatic amines is 1. The highest BCUT2D eigenvalue weighted by Gasteiger charge is 2.23. The molecule has 2 N–H and O–H groups in total. The van der Waals surface area contributed by atoms with Crippen molar-refractivity contribution in [2.75, 3.05) is 0 Å². The maximum Gasteiger partial charge on any atom is 0.270 e. The Morgan fingerprint density at radius 1 is 1.16 bits per heavy atom. The van der Waals surface area contributed by atoms with E-state index in [1.165, 1.54) is 12.1 Å². The number of non-ortho nitro benzene ring substituents is 1. The van der Waals surface area contributed by atoms with Crippen LogP contribution in [-0.2, 0) is 11.3 Å². The van der Waals surface area contributed by atoms with Gasteiger partial charge in [0.1, 0.15) is 0 Å². The molecule has 0 aliphatic heterocycles. The van der Waals surface area contributed by atoms with E-state index < -0.39 is 4.92 Å². The van der Waals surface area contributed by atoms with Gasteiger partial charge < -0.3 is 10.3 Å². The summed E-state index contributed by atoms with van der Waals surface area (Å²) in [4.78, 5) is 30.8. The number of pyridine rings is 1. The number of nitro groups is 1. The van der Waals surface area contributed by atoms with Crippen LogP contribution < -0.4 is 5.32 Å². The van der Waals surface area contributed by atoms with Crippen molar-refractivity contribution in [1.82, 2.24) is 15.3 Å². The van der Waals surface area contributed by atoms with Crippen molar-refractivity contribution in [2.45, 2.75) is 18.9 Å². The molecule has 0 radical (unpaired) electrons. The van der Waals surface area contributed by atoms with Crippen molar-refractivity contribution >= 4 is 34.1 Å². The van der Waals surface area contributed by atoms with Crippen LogP contribution in [0.25, 0.3) is 10.9 Å². The summed E-state index contributed by atoms with van der Waals surface area (Å²) in [6.07, 6.45) is 5.32. The van der Waals surface area contributed by atoms with Crippen molar-refractivity contribution in [2.24, 2.45) is 0 Å². The van der Waals surface area contributed by atoms with E-state index in [0.29, 0.717) is 17.0 Å². The lowest BCUT2D eigenvalue weighted by Gasteiger charge is -2.17. The van der Waals surface area contributed by atoms with Crippen LogP contribution in [-0.4, -0.2) is 20.8 Å². The van der Waals surface area contributed by atoms with Gasteiger partial charge in [0.2, 0.25) is 5.91 Å². The lowest BCUT2D eigenvalue weighted by molar-refractivity contribution is -0.384. The van der Waals surface area contributed by atoms with Crippen molar-refractivity contribution < 1.29 is 9.72 Å². The number of benzene rings is 2. The van der Waals surface area contributed by atoms with E-state index in [9.17, 15) is 14.9 Å². The first-order chi connectivity index (χ1) is 15.0. The molecule has 2 aromatic heterocycles. The maximum atomic E-state index is 12.8. The molecule has 4 rings (SSSR count). The van der Waals surface area contributed by atoms with Crippen LogP contribution in [0.4, 0.5) is 5.69 Å². The van der Waals surface area contributed by atoms with Crippen LogP contribution in [0.1, 0.15) is 29.0 Å². The zero-order valence-electron chi connectivity index (χ0n) is 16.4. The summed E-state index contributed by atoms with van der Waals surface area (Å²) in [7, 11) is 0. The second-order valence-electron chi connectivity index (χ2n) is 7.17. The van der Waals surface area contributed by atoms with Crippen LogP contribution in [0.15, 0.2) is 73.2 Å². The molecule has 2 heterocycles. The Labute approximate surface area is 183 Å². The Hall–Kier alpha value is -3.71. The predicted octanol–water partition coefficient (Wildman–Crippen LogP) is 4.96. The normalized spacial score (nSPS) is 11.9. The number of hydrogen-bond donors (Lipinski definition) is 2. The van der Waals surface area contributed by atoms with Crippen LogP contribution in [0.2, 0.25) is 5.02 Å². The zero-order valence-corrected chi connectivity index (χ0v) is 17.2. The summed E-state index contributed by atoms with van der Waals surface area (Å²) in [5.41, 5.74) is 3.38. The van der Waals surface area contributed by atoms with E-state index in [0.717, 1.165) is 22.2 Å². The lowest BCUT2D eigenvalue weighted by atomic mass is 9.88. The number of H-pyrrole nitrogens is 1. The Bertz CT molecular complexity index is 1240. The number of aromatic nitrogens is 2. The van der Waals surface area contributed by atoms with E-state index in [1.807, 2.05) is 30.3 Å². The number of rotatable bonds is 7. The van der Waals surface area contributed by atoms with Gasteiger partial charge in [-0.05, 0) is 47.0 Å². The molecule has 0 unspecified atom stereocenters. The predicted molar refractivity (Wildman–Crippen MR) is 119 cm³/mol. The van der Waals surface area contributed by atoms with Crippen LogP contribution in [0.3, 0.4) is 0 Å². The quantitative estimate of drug-likeness (QED) is 0.317. The van der Waals surface area contributed by atoms with Gasteiger partial charge in [-0.25, -0.2) is 0 Å². The molecule has 2 aromatic carbocycles. The molecule has 1 amide bonds. The Kier molecular flexibility index (Phi) is 5.95. The molecule has 0 aliphatic rings. The molecule has 156 valence electrons. The smallest absolute Gasteiger partial charge is 0.270 e. The highest BCUT2D eigenvalue weighted by atomic mass is 35.5. The molecular weight excluding hydrogens is 416 g/mol. The maximum absolute atomic E-state index is 12.8. The molecule has 0 saturated heterocycles. The standard InChI is InChI=1S/C23H19ClN4O3/c24-17-3-1-2-16(10-17)19(12-23(29)27-13-15-6-8-25-9-7-15)21-14-26-22-5-4-18(28(30)31)11-20(21)22/h1-11,14,19,26H,12-13H2,(H,27,29)/t19-/m1/s1. The fourth-order valence-electron chi connectivity index (χ4n) is 3.62. The molecule has 7 nitrogen and oxygen atoms in total. The summed E-state index contributed by atoms with van der Waals surface area (Å²) in [5.74, 6) is -0.464. The minimum absolute atomic E-state index is 0.000308. The first-order valence-electron chi connectivity index (χ1n) is 9.68. The Morgan fingerprint density at radius 3 is 2.71 bits per heavy atom. The van der Waals surface area contributed by atoms with Gasteiger partial charge >= 0.3 is 0 Å². The number of nitrogens with one attached hydrogen (secondary N) is 2.